The van der Waals surface area contributed by atoms with Gasteiger partial charge in [-0.2, -0.15) is 0 Å². The van der Waals surface area contributed by atoms with Crippen LogP contribution in [0.15, 0.2) is 0 Å². The molecule has 2 fully saturated rings. The summed E-state index contributed by atoms with van der Waals surface area (Å²) in [5, 5.41) is 3.74. The summed E-state index contributed by atoms with van der Waals surface area (Å²) in [4.78, 5) is 0. The minimum atomic E-state index is 0.196. The Hall–Kier alpha value is -0.160. The molecule has 0 bridgehead atoms. The zero-order chi connectivity index (χ0) is 14.0. The Kier molecular flexibility index (Phi) is 4.88. The fraction of sp³-hybridized carbons (Fsp3) is 1.00. The molecular formula is C15H29NO3. The van der Waals surface area contributed by atoms with Crippen LogP contribution in [0.2, 0.25) is 0 Å². The van der Waals surface area contributed by atoms with Crippen LogP contribution in [0.1, 0.15) is 40.5 Å². The van der Waals surface area contributed by atoms with Gasteiger partial charge in [-0.15, -0.1) is 0 Å². The zero-order valence-corrected chi connectivity index (χ0v) is 12.9. The lowest BCUT2D eigenvalue weighted by atomic mass is 9.63. The van der Waals surface area contributed by atoms with Crippen molar-refractivity contribution in [3.8, 4) is 0 Å². The first kappa shape index (κ1) is 15.2. The molecule has 0 aromatic carbocycles. The van der Waals surface area contributed by atoms with E-state index in [1.54, 1.807) is 7.11 Å². The Balaban J connectivity index is 1.80. The molecule has 0 aromatic rings. The molecule has 5 atom stereocenters. The van der Waals surface area contributed by atoms with Crippen LogP contribution in [0.4, 0.5) is 0 Å². The summed E-state index contributed by atoms with van der Waals surface area (Å²) < 4.78 is 17.0. The largest absolute Gasteiger partial charge is 0.378 e. The van der Waals surface area contributed by atoms with Gasteiger partial charge in [-0.1, -0.05) is 13.8 Å². The second kappa shape index (κ2) is 6.08. The van der Waals surface area contributed by atoms with Crippen molar-refractivity contribution in [2.45, 2.75) is 70.9 Å². The smallest absolute Gasteiger partial charge is 0.0986 e. The lowest BCUT2D eigenvalue weighted by Gasteiger charge is -2.55. The van der Waals surface area contributed by atoms with E-state index in [1.807, 2.05) is 6.92 Å². The number of ether oxygens (including phenoxy) is 3. The average Bonchev–Trinajstić information content (AvgIpc) is 2.35. The van der Waals surface area contributed by atoms with Gasteiger partial charge in [-0.3, -0.25) is 0 Å². The van der Waals surface area contributed by atoms with E-state index in [9.17, 15) is 0 Å². The van der Waals surface area contributed by atoms with E-state index in [0.29, 0.717) is 18.2 Å². The molecule has 1 N–H and O–H groups in total. The third-order valence-corrected chi connectivity index (χ3v) is 4.86. The van der Waals surface area contributed by atoms with Crippen molar-refractivity contribution in [1.29, 1.82) is 0 Å². The van der Waals surface area contributed by atoms with E-state index < -0.39 is 0 Å². The van der Waals surface area contributed by atoms with E-state index in [0.717, 1.165) is 26.1 Å². The highest BCUT2D eigenvalue weighted by Crippen LogP contribution is 2.44. The molecule has 0 heterocycles. The summed E-state index contributed by atoms with van der Waals surface area (Å²) in [6, 6.07) is 0.947. The Morgan fingerprint density at radius 1 is 1.11 bits per heavy atom. The molecule has 19 heavy (non-hydrogen) atoms. The SMILES string of the molecule is CCOC1CC(NC2CC(OCC)C2(C)C)C1OC. The summed E-state index contributed by atoms with van der Waals surface area (Å²) in [6.07, 6.45) is 3.00. The lowest BCUT2D eigenvalue weighted by Crippen LogP contribution is -2.69. The van der Waals surface area contributed by atoms with Crippen LogP contribution in [-0.4, -0.2) is 50.7 Å². The van der Waals surface area contributed by atoms with Crippen LogP contribution in [0.5, 0.6) is 0 Å². The highest BCUT2D eigenvalue weighted by molar-refractivity contribution is 5.07. The third kappa shape index (κ3) is 2.82. The van der Waals surface area contributed by atoms with E-state index in [2.05, 4.69) is 26.1 Å². The summed E-state index contributed by atoms with van der Waals surface area (Å²) in [7, 11) is 1.78. The molecule has 0 saturated heterocycles. The fourth-order valence-electron chi connectivity index (χ4n) is 3.35. The molecule has 0 aromatic heterocycles. The minimum Gasteiger partial charge on any atom is -0.378 e. The standard InChI is InChI=1S/C15H29NO3/c1-6-18-11-8-10(14(11)17-5)16-12-9-13(19-7-2)15(12,3)4/h10-14,16H,6-9H2,1-5H3. The third-order valence-electron chi connectivity index (χ3n) is 4.86. The van der Waals surface area contributed by atoms with Gasteiger partial charge in [-0.25, -0.2) is 0 Å². The van der Waals surface area contributed by atoms with E-state index in [-0.39, 0.29) is 17.6 Å². The van der Waals surface area contributed by atoms with Gasteiger partial charge in [0.25, 0.3) is 0 Å². The van der Waals surface area contributed by atoms with Crippen LogP contribution < -0.4 is 5.32 Å². The Labute approximate surface area is 117 Å². The fourth-order valence-corrected chi connectivity index (χ4v) is 3.35. The van der Waals surface area contributed by atoms with Crippen molar-refractivity contribution in [2.75, 3.05) is 20.3 Å². The molecule has 0 aliphatic heterocycles. The van der Waals surface area contributed by atoms with Crippen LogP contribution in [0, 0.1) is 5.41 Å². The monoisotopic (exact) mass is 271 g/mol. The van der Waals surface area contributed by atoms with Gasteiger partial charge in [0.15, 0.2) is 0 Å². The number of methoxy groups -OCH3 is 1. The zero-order valence-electron chi connectivity index (χ0n) is 12.9. The first-order valence-electron chi connectivity index (χ1n) is 7.56. The lowest BCUT2D eigenvalue weighted by molar-refractivity contribution is -0.157. The van der Waals surface area contributed by atoms with Crippen LogP contribution in [0.3, 0.4) is 0 Å². The van der Waals surface area contributed by atoms with E-state index >= 15 is 0 Å². The number of rotatable bonds is 7. The highest BCUT2D eigenvalue weighted by Gasteiger charge is 2.52. The first-order chi connectivity index (χ1) is 9.04. The summed E-state index contributed by atoms with van der Waals surface area (Å²) in [5.74, 6) is 0. The first-order valence-corrected chi connectivity index (χ1v) is 7.56. The van der Waals surface area contributed by atoms with E-state index in [1.165, 1.54) is 0 Å². The summed E-state index contributed by atoms with van der Waals surface area (Å²) in [6.45, 7) is 10.2. The minimum absolute atomic E-state index is 0.196. The highest BCUT2D eigenvalue weighted by atomic mass is 16.5. The van der Waals surface area contributed by atoms with Gasteiger partial charge in [-0.05, 0) is 26.7 Å². The Morgan fingerprint density at radius 2 is 1.79 bits per heavy atom. The van der Waals surface area contributed by atoms with Crippen molar-refractivity contribution in [2.24, 2.45) is 5.41 Å². The van der Waals surface area contributed by atoms with Crippen LogP contribution in [-0.2, 0) is 14.2 Å². The molecule has 2 rings (SSSR count). The van der Waals surface area contributed by atoms with Crippen molar-refractivity contribution in [3.63, 3.8) is 0 Å². The maximum Gasteiger partial charge on any atom is 0.0986 e. The molecular weight excluding hydrogens is 242 g/mol. The van der Waals surface area contributed by atoms with Gasteiger partial charge in [0.1, 0.15) is 0 Å². The molecule has 0 spiro atoms. The maximum absolute atomic E-state index is 5.77. The van der Waals surface area contributed by atoms with Crippen LogP contribution in [0.25, 0.3) is 0 Å². The molecule has 4 nitrogen and oxygen atoms in total. The number of hydrogen-bond donors (Lipinski definition) is 1. The van der Waals surface area contributed by atoms with Gasteiger partial charge < -0.3 is 19.5 Å². The molecule has 2 saturated carbocycles. The summed E-state index contributed by atoms with van der Waals surface area (Å²) >= 11 is 0. The summed E-state index contributed by atoms with van der Waals surface area (Å²) in [5.41, 5.74) is 0.213. The Morgan fingerprint density at radius 3 is 2.32 bits per heavy atom. The predicted molar refractivity (Wildman–Crippen MR) is 75.4 cm³/mol. The van der Waals surface area contributed by atoms with Gasteiger partial charge in [0.05, 0.1) is 18.3 Å². The molecule has 112 valence electrons. The van der Waals surface area contributed by atoms with Crippen molar-refractivity contribution >= 4 is 0 Å². The topological polar surface area (TPSA) is 39.7 Å². The molecule has 5 unspecified atom stereocenters. The predicted octanol–water partition coefficient (Wildman–Crippen LogP) is 1.97. The van der Waals surface area contributed by atoms with Gasteiger partial charge >= 0.3 is 0 Å². The normalized spacial score (nSPS) is 40.6. The molecule has 0 radical (unpaired) electrons. The number of hydrogen-bond acceptors (Lipinski definition) is 4. The molecule has 2 aliphatic rings. The van der Waals surface area contributed by atoms with Gasteiger partial charge in [0, 0.05) is 37.8 Å². The van der Waals surface area contributed by atoms with Crippen LogP contribution >= 0.6 is 0 Å². The van der Waals surface area contributed by atoms with E-state index in [4.69, 9.17) is 14.2 Å². The molecule has 2 aliphatic carbocycles. The average molecular weight is 271 g/mol. The van der Waals surface area contributed by atoms with Gasteiger partial charge in [0.2, 0.25) is 0 Å². The van der Waals surface area contributed by atoms with Crippen molar-refractivity contribution in [3.05, 3.63) is 0 Å². The Bertz CT molecular complexity index is 295. The number of nitrogens with one attached hydrogen (secondary N) is 1. The second-order valence-electron chi connectivity index (χ2n) is 6.26. The van der Waals surface area contributed by atoms with Crippen molar-refractivity contribution < 1.29 is 14.2 Å². The molecule has 4 heteroatoms. The quantitative estimate of drug-likeness (QED) is 0.768. The second-order valence-corrected chi connectivity index (χ2v) is 6.26. The maximum atomic E-state index is 5.77. The van der Waals surface area contributed by atoms with Crippen molar-refractivity contribution in [1.82, 2.24) is 5.32 Å². The molecule has 0 amide bonds.